The van der Waals surface area contributed by atoms with E-state index >= 15 is 0 Å². The summed E-state index contributed by atoms with van der Waals surface area (Å²) in [6.45, 7) is 16.8. The maximum atomic E-state index is 8.55. The summed E-state index contributed by atoms with van der Waals surface area (Å²) in [5, 5.41) is 25.0. The van der Waals surface area contributed by atoms with Gasteiger partial charge in [-0.3, -0.25) is 0 Å². The number of rotatable bonds is 8. The van der Waals surface area contributed by atoms with E-state index in [9.17, 15) is 0 Å². The minimum atomic E-state index is -0.352. The number of aliphatic hydroxyl groups excluding tert-OH is 3. The van der Waals surface area contributed by atoms with Crippen molar-refractivity contribution in [2.24, 2.45) is 11.8 Å². The van der Waals surface area contributed by atoms with Gasteiger partial charge in [-0.2, -0.15) is 0 Å². The molecule has 0 radical (unpaired) electrons. The van der Waals surface area contributed by atoms with Crippen molar-refractivity contribution in [3.8, 4) is 0 Å². The predicted molar refractivity (Wildman–Crippen MR) is 118 cm³/mol. The maximum Gasteiger partial charge on any atom is 0.0533 e. The smallest absolute Gasteiger partial charge is 0.0533 e. The van der Waals surface area contributed by atoms with Gasteiger partial charge in [0.1, 0.15) is 0 Å². The third-order valence-electron chi connectivity index (χ3n) is 2.81. The summed E-state index contributed by atoms with van der Waals surface area (Å²) in [6.07, 6.45) is 6.11. The molecule has 5 heteroatoms. The van der Waals surface area contributed by atoms with E-state index in [0.717, 1.165) is 24.7 Å². The molecule has 0 aromatic heterocycles. The summed E-state index contributed by atoms with van der Waals surface area (Å²) in [5.74, 6) is 1.79. The van der Waals surface area contributed by atoms with Gasteiger partial charge in [0.15, 0.2) is 0 Å². The quantitative estimate of drug-likeness (QED) is 0.302. The van der Waals surface area contributed by atoms with E-state index in [4.69, 9.17) is 15.3 Å². The fourth-order valence-corrected chi connectivity index (χ4v) is 2.65. The van der Waals surface area contributed by atoms with Crippen LogP contribution in [0.3, 0.4) is 0 Å². The first kappa shape index (κ1) is 37.1. The van der Waals surface area contributed by atoms with Gasteiger partial charge in [-0.25, -0.2) is 0 Å². The van der Waals surface area contributed by atoms with Gasteiger partial charge < -0.3 is 39.3 Å². The molecule has 2 atom stereocenters. The van der Waals surface area contributed by atoms with Gasteiger partial charge in [0, 0.05) is 6.61 Å². The summed E-state index contributed by atoms with van der Waals surface area (Å²) < 4.78 is 1.30. The normalized spacial score (nSPS) is 11.8. The highest BCUT2D eigenvalue weighted by atomic mass is 127. The highest BCUT2D eigenvalue weighted by molar-refractivity contribution is 14.1. The van der Waals surface area contributed by atoms with Crippen LogP contribution in [-0.2, 0) is 0 Å². The Balaban J connectivity index is -0.0000000702. The van der Waals surface area contributed by atoms with Gasteiger partial charge in [-0.1, -0.05) is 83.4 Å². The fourth-order valence-electron chi connectivity index (χ4n) is 1.40. The van der Waals surface area contributed by atoms with Crippen LogP contribution in [0.15, 0.2) is 0 Å². The molecule has 0 saturated carbocycles. The Morgan fingerprint density at radius 2 is 1.04 bits per heavy atom. The van der Waals surface area contributed by atoms with Crippen molar-refractivity contribution in [3.05, 3.63) is 0 Å². The summed E-state index contributed by atoms with van der Waals surface area (Å²) in [7, 11) is 0. The first-order chi connectivity index (χ1) is 11.1. The lowest BCUT2D eigenvalue weighted by Crippen LogP contribution is -3.00. The Kier molecular flexibility index (Phi) is 49.0. The van der Waals surface area contributed by atoms with Crippen LogP contribution < -0.4 is 24.0 Å². The van der Waals surface area contributed by atoms with Crippen LogP contribution in [0.1, 0.15) is 93.9 Å². The summed E-state index contributed by atoms with van der Waals surface area (Å²) in [5.41, 5.74) is 0. The minimum Gasteiger partial charge on any atom is -1.00 e. The average molecular weight is 589 g/mol. The molecular formula is C20H47I2O3-. The molecule has 0 bridgehead atoms. The Labute approximate surface area is 189 Å². The third-order valence-corrected chi connectivity index (χ3v) is 3.43. The van der Waals surface area contributed by atoms with Crippen LogP contribution in [0.25, 0.3) is 0 Å². The largest absolute Gasteiger partial charge is 1.00 e. The minimum absolute atomic E-state index is 0. The molecule has 3 nitrogen and oxygen atoms in total. The molecule has 0 aliphatic carbocycles. The Hall–Kier alpha value is 1.34. The molecule has 3 N–H and O–H groups in total. The molecule has 0 unspecified atom stereocenters. The van der Waals surface area contributed by atoms with Crippen LogP contribution in [0.4, 0.5) is 0 Å². The second-order valence-corrected chi connectivity index (χ2v) is 8.13. The third kappa shape index (κ3) is 77.6. The SMILES string of the molecule is CC(C)CCI.CCCC(C)C.CCC[C@@H](C)O.C[C@@H](O)CCO.[I-]. The number of alkyl halides is 1. The molecule has 0 aromatic rings. The van der Waals surface area contributed by atoms with Crippen molar-refractivity contribution >= 4 is 22.6 Å². The van der Waals surface area contributed by atoms with Crippen LogP contribution in [0.5, 0.6) is 0 Å². The van der Waals surface area contributed by atoms with Gasteiger partial charge >= 0.3 is 0 Å². The van der Waals surface area contributed by atoms with Crippen LogP contribution in [-0.4, -0.2) is 38.6 Å². The highest BCUT2D eigenvalue weighted by Gasteiger charge is 1.89. The zero-order valence-corrected chi connectivity index (χ0v) is 22.4. The van der Waals surface area contributed by atoms with E-state index in [2.05, 4.69) is 64.1 Å². The first-order valence-electron chi connectivity index (χ1n) is 9.61. The summed E-state index contributed by atoms with van der Waals surface area (Å²) in [4.78, 5) is 0. The van der Waals surface area contributed by atoms with Gasteiger partial charge in [0.2, 0.25) is 0 Å². The standard InChI is InChI=1S/C6H14.C5H11I.C5H12O.C4H10O2.HI/c1-4-5-6(2)3;1-5(2)3-4-6;1-3-4-5(2)6;1-4(6)2-3-5;/h6H,4-5H2,1-3H3;5H,3-4H2,1-2H3;5-6H,3-4H2,1-2H3;4-6H,2-3H2,1H3;1H/p-1/t;;5-;4-;/m..11./s1. The van der Waals surface area contributed by atoms with Crippen LogP contribution in [0, 0.1) is 11.8 Å². The van der Waals surface area contributed by atoms with Crippen molar-refractivity contribution < 1.29 is 39.3 Å². The van der Waals surface area contributed by atoms with Gasteiger partial charge in [0.05, 0.1) is 12.2 Å². The van der Waals surface area contributed by atoms with Crippen molar-refractivity contribution in [1.82, 2.24) is 0 Å². The molecule has 160 valence electrons. The molecule has 0 aromatic carbocycles. The second-order valence-electron chi connectivity index (χ2n) is 7.05. The van der Waals surface area contributed by atoms with Crippen molar-refractivity contribution in [1.29, 1.82) is 0 Å². The fraction of sp³-hybridized carbons (Fsp3) is 1.00. The number of hydrogen-bond donors (Lipinski definition) is 3. The molecule has 0 aliphatic rings. The molecule has 0 heterocycles. The first-order valence-corrected chi connectivity index (χ1v) is 11.1. The van der Waals surface area contributed by atoms with E-state index in [1.54, 1.807) is 6.92 Å². The summed E-state index contributed by atoms with van der Waals surface area (Å²) >= 11 is 2.40. The number of hydrogen-bond acceptors (Lipinski definition) is 3. The molecule has 25 heavy (non-hydrogen) atoms. The van der Waals surface area contributed by atoms with E-state index < -0.39 is 0 Å². The molecule has 0 rings (SSSR count). The lowest BCUT2D eigenvalue weighted by Gasteiger charge is -1.95. The molecule has 0 aliphatic heterocycles. The van der Waals surface area contributed by atoms with E-state index in [1.807, 2.05) is 6.92 Å². The lowest BCUT2D eigenvalue weighted by molar-refractivity contribution is -0.0000130. The molecular weight excluding hydrogens is 542 g/mol. The Bertz CT molecular complexity index is 148. The van der Waals surface area contributed by atoms with E-state index in [-0.39, 0.29) is 42.8 Å². The van der Waals surface area contributed by atoms with E-state index in [1.165, 1.54) is 23.7 Å². The molecule has 0 fully saturated rings. The van der Waals surface area contributed by atoms with E-state index in [0.29, 0.717) is 6.42 Å². The molecule has 0 amide bonds. The lowest BCUT2D eigenvalue weighted by atomic mass is 10.1. The zero-order valence-electron chi connectivity index (χ0n) is 18.1. The summed E-state index contributed by atoms with van der Waals surface area (Å²) in [6, 6.07) is 0. The number of halogens is 2. The second kappa shape index (κ2) is 33.0. The molecule has 0 saturated heterocycles. The topological polar surface area (TPSA) is 60.7 Å². The monoisotopic (exact) mass is 589 g/mol. The Morgan fingerprint density at radius 1 is 0.680 bits per heavy atom. The van der Waals surface area contributed by atoms with Crippen molar-refractivity contribution in [2.75, 3.05) is 11.0 Å². The van der Waals surface area contributed by atoms with Crippen molar-refractivity contribution in [3.63, 3.8) is 0 Å². The number of aliphatic hydroxyl groups is 3. The van der Waals surface area contributed by atoms with Gasteiger partial charge in [-0.15, -0.1) is 0 Å². The van der Waals surface area contributed by atoms with Crippen molar-refractivity contribution in [2.45, 2.75) is 106 Å². The highest BCUT2D eigenvalue weighted by Crippen LogP contribution is 2.01. The van der Waals surface area contributed by atoms with Crippen LogP contribution in [0.2, 0.25) is 0 Å². The predicted octanol–water partition coefficient (Wildman–Crippen LogP) is 2.83. The Morgan fingerprint density at radius 3 is 1.04 bits per heavy atom. The molecule has 0 spiro atoms. The average Bonchev–Trinajstić information content (AvgIpc) is 2.39. The zero-order chi connectivity index (χ0) is 20.0. The van der Waals surface area contributed by atoms with Gasteiger partial charge in [-0.05, 0) is 49.4 Å². The maximum absolute atomic E-state index is 8.55. The van der Waals surface area contributed by atoms with Gasteiger partial charge in [0.25, 0.3) is 0 Å². The van der Waals surface area contributed by atoms with Crippen LogP contribution >= 0.6 is 22.6 Å².